The highest BCUT2D eigenvalue weighted by molar-refractivity contribution is 6.09. The summed E-state index contributed by atoms with van der Waals surface area (Å²) in [6, 6.07) is 7.21. The van der Waals surface area contributed by atoms with Crippen LogP contribution in [-0.4, -0.2) is 23.3 Å². The normalized spacial score (nSPS) is 15.5. The van der Waals surface area contributed by atoms with E-state index in [1.807, 2.05) is 58.0 Å². The summed E-state index contributed by atoms with van der Waals surface area (Å²) >= 11 is 0. The van der Waals surface area contributed by atoms with Gasteiger partial charge in [-0.3, -0.25) is 4.79 Å². The van der Waals surface area contributed by atoms with Crippen molar-refractivity contribution in [1.82, 2.24) is 0 Å². The zero-order chi connectivity index (χ0) is 22.2. The van der Waals surface area contributed by atoms with Crippen LogP contribution in [0.25, 0.3) is 12.2 Å². The number of phenolic OH excluding ortho intramolecular Hbond substituents is 1. The fourth-order valence-corrected chi connectivity index (χ4v) is 3.52. The number of carbonyl (C=O) groups is 1. The summed E-state index contributed by atoms with van der Waals surface area (Å²) in [5, 5.41) is 10.9. The molecule has 0 fully saturated rings. The largest absolute Gasteiger partial charge is 0.506 e. The van der Waals surface area contributed by atoms with Gasteiger partial charge in [-0.25, -0.2) is 0 Å². The average Bonchev–Trinajstić information content (AvgIpc) is 3.18. The third-order valence-electron chi connectivity index (χ3n) is 5.20. The smallest absolute Gasteiger partial charge is 0.231 e. The second kappa shape index (κ2) is 7.99. The standard InChI is InChI=1S/C26H26O5/c1-16(2)5-8-18-14-20(24(28)19-11-12-26(3,4)31-25(18)19)21(27)9-6-17-7-10-22-23(13-17)30-15-29-22/h5-7,9-14,28H,8,15H2,1-4H3. The van der Waals surface area contributed by atoms with Gasteiger partial charge in [0.15, 0.2) is 17.3 Å². The molecule has 2 aromatic rings. The van der Waals surface area contributed by atoms with Crippen LogP contribution in [0.1, 0.15) is 54.7 Å². The molecule has 0 amide bonds. The lowest BCUT2D eigenvalue weighted by Crippen LogP contribution is -2.28. The second-order valence-corrected chi connectivity index (χ2v) is 8.51. The topological polar surface area (TPSA) is 65.0 Å². The fourth-order valence-electron chi connectivity index (χ4n) is 3.52. The van der Waals surface area contributed by atoms with Crippen LogP contribution in [0, 0.1) is 0 Å². The van der Waals surface area contributed by atoms with E-state index in [1.165, 1.54) is 11.6 Å². The predicted octanol–water partition coefficient (Wildman–Crippen LogP) is 5.71. The zero-order valence-electron chi connectivity index (χ0n) is 18.2. The Labute approximate surface area is 182 Å². The number of benzene rings is 2. The molecule has 0 spiro atoms. The quantitative estimate of drug-likeness (QED) is 0.383. The molecule has 0 atom stereocenters. The molecule has 0 unspecified atom stereocenters. The van der Waals surface area contributed by atoms with Crippen molar-refractivity contribution in [2.45, 2.75) is 39.7 Å². The zero-order valence-corrected chi connectivity index (χ0v) is 18.2. The molecule has 0 bridgehead atoms. The Balaban J connectivity index is 1.69. The first-order valence-electron chi connectivity index (χ1n) is 10.3. The summed E-state index contributed by atoms with van der Waals surface area (Å²) in [6.07, 6.45) is 9.57. The molecule has 5 heteroatoms. The van der Waals surface area contributed by atoms with Gasteiger partial charge in [0.25, 0.3) is 0 Å². The third-order valence-corrected chi connectivity index (χ3v) is 5.20. The van der Waals surface area contributed by atoms with Crippen molar-refractivity contribution in [3.8, 4) is 23.0 Å². The Bertz CT molecular complexity index is 1130. The average molecular weight is 418 g/mol. The van der Waals surface area contributed by atoms with Gasteiger partial charge in [0, 0.05) is 0 Å². The molecule has 4 rings (SSSR count). The van der Waals surface area contributed by atoms with Crippen LogP contribution >= 0.6 is 0 Å². The van der Waals surface area contributed by atoms with Gasteiger partial charge in [-0.15, -0.1) is 0 Å². The van der Waals surface area contributed by atoms with E-state index in [4.69, 9.17) is 14.2 Å². The summed E-state index contributed by atoms with van der Waals surface area (Å²) in [4.78, 5) is 13.0. The molecule has 1 N–H and O–H groups in total. The number of rotatable bonds is 5. The third kappa shape index (κ3) is 4.36. The number of ketones is 1. The minimum Gasteiger partial charge on any atom is -0.506 e. The van der Waals surface area contributed by atoms with E-state index in [9.17, 15) is 9.90 Å². The molecule has 2 aromatic carbocycles. The number of fused-ring (bicyclic) bond motifs is 2. The molecule has 160 valence electrons. The monoisotopic (exact) mass is 418 g/mol. The maximum Gasteiger partial charge on any atom is 0.231 e. The highest BCUT2D eigenvalue weighted by atomic mass is 16.7. The second-order valence-electron chi connectivity index (χ2n) is 8.51. The van der Waals surface area contributed by atoms with Gasteiger partial charge in [0.05, 0.1) is 11.1 Å². The number of ether oxygens (including phenoxy) is 3. The molecule has 5 nitrogen and oxygen atoms in total. The highest BCUT2D eigenvalue weighted by Crippen LogP contribution is 2.42. The number of aromatic hydroxyl groups is 1. The van der Waals surface area contributed by atoms with Crippen LogP contribution in [0.2, 0.25) is 0 Å². The van der Waals surface area contributed by atoms with Crippen molar-refractivity contribution >= 4 is 17.9 Å². The van der Waals surface area contributed by atoms with Gasteiger partial charge in [-0.1, -0.05) is 23.8 Å². The van der Waals surface area contributed by atoms with E-state index < -0.39 is 5.60 Å². The number of allylic oxidation sites excluding steroid dienone is 3. The van der Waals surface area contributed by atoms with E-state index in [0.717, 1.165) is 11.1 Å². The number of hydrogen-bond acceptors (Lipinski definition) is 5. The highest BCUT2D eigenvalue weighted by Gasteiger charge is 2.28. The number of carbonyl (C=O) groups excluding carboxylic acids is 1. The molecule has 0 saturated heterocycles. The van der Waals surface area contributed by atoms with Crippen molar-refractivity contribution in [3.63, 3.8) is 0 Å². The maximum absolute atomic E-state index is 13.0. The Hall–Kier alpha value is -3.47. The van der Waals surface area contributed by atoms with Gasteiger partial charge in [0.1, 0.15) is 17.1 Å². The van der Waals surface area contributed by atoms with E-state index in [1.54, 1.807) is 12.1 Å². The van der Waals surface area contributed by atoms with E-state index in [-0.39, 0.29) is 23.9 Å². The summed E-state index contributed by atoms with van der Waals surface area (Å²) in [5.41, 5.74) is 3.16. The molecular weight excluding hydrogens is 392 g/mol. The minimum absolute atomic E-state index is 0.0666. The number of hydrogen-bond donors (Lipinski definition) is 1. The Morgan fingerprint density at radius 3 is 2.71 bits per heavy atom. The first-order chi connectivity index (χ1) is 14.7. The van der Waals surface area contributed by atoms with Gasteiger partial charge < -0.3 is 19.3 Å². The molecule has 0 aliphatic carbocycles. The summed E-state index contributed by atoms with van der Waals surface area (Å²) < 4.78 is 16.8. The van der Waals surface area contributed by atoms with Crippen molar-refractivity contribution in [3.05, 3.63) is 70.3 Å². The molecule has 0 aromatic heterocycles. The molecule has 0 saturated carbocycles. The van der Waals surface area contributed by atoms with E-state index in [0.29, 0.717) is 29.2 Å². The maximum atomic E-state index is 13.0. The van der Waals surface area contributed by atoms with E-state index >= 15 is 0 Å². The van der Waals surface area contributed by atoms with Crippen LogP contribution in [0.5, 0.6) is 23.0 Å². The molecule has 31 heavy (non-hydrogen) atoms. The van der Waals surface area contributed by atoms with Crippen LogP contribution < -0.4 is 14.2 Å². The van der Waals surface area contributed by atoms with Crippen molar-refractivity contribution in [2.75, 3.05) is 6.79 Å². The van der Waals surface area contributed by atoms with Crippen LogP contribution in [0.15, 0.2) is 48.1 Å². The predicted molar refractivity (Wildman–Crippen MR) is 121 cm³/mol. The lowest BCUT2D eigenvalue weighted by Gasteiger charge is -2.30. The van der Waals surface area contributed by atoms with Crippen LogP contribution in [0.3, 0.4) is 0 Å². The van der Waals surface area contributed by atoms with Crippen molar-refractivity contribution in [1.29, 1.82) is 0 Å². The van der Waals surface area contributed by atoms with Crippen LogP contribution in [0.4, 0.5) is 0 Å². The summed E-state index contributed by atoms with van der Waals surface area (Å²) in [5.74, 6) is 1.62. The Morgan fingerprint density at radius 1 is 1.16 bits per heavy atom. The lowest BCUT2D eigenvalue weighted by atomic mass is 9.93. The lowest BCUT2D eigenvalue weighted by molar-refractivity contribution is 0.104. The van der Waals surface area contributed by atoms with Crippen molar-refractivity contribution in [2.24, 2.45) is 0 Å². The fraction of sp³-hybridized carbons (Fsp3) is 0.269. The Morgan fingerprint density at radius 2 is 1.94 bits per heavy atom. The van der Waals surface area contributed by atoms with Crippen LogP contribution in [-0.2, 0) is 6.42 Å². The summed E-state index contributed by atoms with van der Waals surface area (Å²) in [7, 11) is 0. The molecule has 2 aliphatic heterocycles. The van der Waals surface area contributed by atoms with Gasteiger partial charge in [-0.2, -0.15) is 0 Å². The molecular formula is C26H26O5. The Kier molecular flexibility index (Phi) is 5.36. The van der Waals surface area contributed by atoms with Gasteiger partial charge >= 0.3 is 0 Å². The molecule has 0 radical (unpaired) electrons. The van der Waals surface area contributed by atoms with Gasteiger partial charge in [-0.05, 0) is 81.7 Å². The minimum atomic E-state index is -0.482. The van der Waals surface area contributed by atoms with Crippen molar-refractivity contribution < 1.29 is 24.1 Å². The first-order valence-corrected chi connectivity index (χ1v) is 10.3. The first kappa shape index (κ1) is 20.8. The SMILES string of the molecule is CC(C)=CCc1cc(C(=O)C=Cc2ccc3c(c2)OCO3)c(O)c2c1OC(C)(C)C=C2. The van der Waals surface area contributed by atoms with Gasteiger partial charge in [0.2, 0.25) is 6.79 Å². The molecule has 2 aliphatic rings. The summed E-state index contributed by atoms with van der Waals surface area (Å²) in [6.45, 7) is 8.17. The van der Waals surface area contributed by atoms with E-state index in [2.05, 4.69) is 6.08 Å². The molecule has 2 heterocycles. The number of phenols is 1.